The SMILES string of the molecule is C=CCN1CCO[C@@H]2CCN(C(=O)Cc3ccsc3)CC[C@@H]21. The Morgan fingerprint density at radius 3 is 3.05 bits per heavy atom. The van der Waals surface area contributed by atoms with Gasteiger partial charge in [0.2, 0.25) is 5.91 Å². The highest BCUT2D eigenvalue weighted by atomic mass is 32.1. The van der Waals surface area contributed by atoms with Gasteiger partial charge in [-0.1, -0.05) is 6.08 Å². The fourth-order valence-corrected chi connectivity index (χ4v) is 4.15. The van der Waals surface area contributed by atoms with Crippen molar-refractivity contribution in [3.63, 3.8) is 0 Å². The van der Waals surface area contributed by atoms with Crippen LogP contribution in [0.5, 0.6) is 0 Å². The van der Waals surface area contributed by atoms with Crippen LogP contribution in [0.1, 0.15) is 18.4 Å². The molecule has 1 amide bonds. The highest BCUT2D eigenvalue weighted by Crippen LogP contribution is 2.24. The van der Waals surface area contributed by atoms with Crippen LogP contribution in [0.25, 0.3) is 0 Å². The zero-order chi connectivity index (χ0) is 15.4. The molecule has 22 heavy (non-hydrogen) atoms. The monoisotopic (exact) mass is 320 g/mol. The van der Waals surface area contributed by atoms with Crippen LogP contribution in [-0.4, -0.2) is 60.6 Å². The van der Waals surface area contributed by atoms with E-state index in [1.807, 2.05) is 22.4 Å². The summed E-state index contributed by atoms with van der Waals surface area (Å²) < 4.78 is 5.96. The van der Waals surface area contributed by atoms with Crippen molar-refractivity contribution in [1.82, 2.24) is 9.80 Å². The number of fused-ring (bicyclic) bond motifs is 1. The maximum absolute atomic E-state index is 12.5. The lowest BCUT2D eigenvalue weighted by atomic mass is 10.0. The van der Waals surface area contributed by atoms with E-state index in [2.05, 4.69) is 16.9 Å². The second-order valence-electron chi connectivity index (χ2n) is 6.03. The van der Waals surface area contributed by atoms with Crippen LogP contribution in [0.15, 0.2) is 29.5 Å². The highest BCUT2D eigenvalue weighted by molar-refractivity contribution is 7.07. The summed E-state index contributed by atoms with van der Waals surface area (Å²) >= 11 is 1.65. The molecule has 0 saturated carbocycles. The summed E-state index contributed by atoms with van der Waals surface area (Å²) in [4.78, 5) is 17.0. The van der Waals surface area contributed by atoms with E-state index in [0.717, 1.165) is 51.2 Å². The van der Waals surface area contributed by atoms with E-state index in [1.54, 1.807) is 11.3 Å². The number of likely N-dealkylation sites (tertiary alicyclic amines) is 1. The first-order chi connectivity index (χ1) is 10.8. The molecule has 3 heterocycles. The number of hydrogen-bond donors (Lipinski definition) is 0. The number of amides is 1. The van der Waals surface area contributed by atoms with Crippen molar-refractivity contribution in [3.05, 3.63) is 35.0 Å². The van der Waals surface area contributed by atoms with Crippen LogP contribution in [0.2, 0.25) is 0 Å². The molecule has 2 atom stereocenters. The van der Waals surface area contributed by atoms with E-state index in [0.29, 0.717) is 12.5 Å². The molecule has 5 heteroatoms. The first kappa shape index (κ1) is 15.7. The van der Waals surface area contributed by atoms with Crippen LogP contribution in [0, 0.1) is 0 Å². The van der Waals surface area contributed by atoms with Gasteiger partial charge >= 0.3 is 0 Å². The molecule has 0 bridgehead atoms. The van der Waals surface area contributed by atoms with Crippen molar-refractivity contribution in [2.75, 3.05) is 32.8 Å². The second kappa shape index (κ2) is 7.40. The number of thiophene rings is 1. The van der Waals surface area contributed by atoms with Gasteiger partial charge in [-0.05, 0) is 35.2 Å². The first-order valence-corrected chi connectivity index (χ1v) is 8.97. The van der Waals surface area contributed by atoms with Gasteiger partial charge in [0, 0.05) is 32.2 Å². The van der Waals surface area contributed by atoms with E-state index in [-0.39, 0.29) is 12.0 Å². The summed E-state index contributed by atoms with van der Waals surface area (Å²) in [6.07, 6.45) is 4.68. The van der Waals surface area contributed by atoms with Gasteiger partial charge in [-0.15, -0.1) is 6.58 Å². The lowest BCUT2D eigenvalue weighted by Crippen LogP contribution is -2.51. The molecule has 0 aliphatic carbocycles. The van der Waals surface area contributed by atoms with Crippen molar-refractivity contribution < 1.29 is 9.53 Å². The molecule has 2 aliphatic heterocycles. The molecular formula is C17H24N2O2S. The van der Waals surface area contributed by atoms with Crippen molar-refractivity contribution in [1.29, 1.82) is 0 Å². The Hall–Kier alpha value is -1.17. The molecule has 0 unspecified atom stereocenters. The molecule has 0 radical (unpaired) electrons. The zero-order valence-corrected chi connectivity index (χ0v) is 13.8. The van der Waals surface area contributed by atoms with Gasteiger partial charge in [0.15, 0.2) is 0 Å². The number of carbonyl (C=O) groups is 1. The average molecular weight is 320 g/mol. The summed E-state index contributed by atoms with van der Waals surface area (Å²) in [6.45, 7) is 8.17. The van der Waals surface area contributed by atoms with Gasteiger partial charge < -0.3 is 9.64 Å². The maximum Gasteiger partial charge on any atom is 0.227 e. The van der Waals surface area contributed by atoms with E-state index >= 15 is 0 Å². The third kappa shape index (κ3) is 3.59. The normalized spacial score (nSPS) is 26.3. The number of rotatable bonds is 4. The van der Waals surface area contributed by atoms with Crippen molar-refractivity contribution >= 4 is 17.2 Å². The van der Waals surface area contributed by atoms with Crippen molar-refractivity contribution in [2.24, 2.45) is 0 Å². The summed E-state index contributed by atoms with van der Waals surface area (Å²) in [5, 5.41) is 4.09. The third-order valence-electron chi connectivity index (χ3n) is 4.64. The van der Waals surface area contributed by atoms with Crippen LogP contribution in [0.3, 0.4) is 0 Å². The predicted molar refractivity (Wildman–Crippen MR) is 89.1 cm³/mol. The van der Waals surface area contributed by atoms with Crippen LogP contribution in [0.4, 0.5) is 0 Å². The molecule has 1 aromatic heterocycles. The van der Waals surface area contributed by atoms with Gasteiger partial charge in [-0.2, -0.15) is 11.3 Å². The molecule has 2 aliphatic rings. The molecule has 1 aromatic rings. The summed E-state index contributed by atoms with van der Waals surface area (Å²) in [5.74, 6) is 0.243. The minimum Gasteiger partial charge on any atom is -0.375 e. The van der Waals surface area contributed by atoms with Gasteiger partial charge in [0.1, 0.15) is 0 Å². The third-order valence-corrected chi connectivity index (χ3v) is 5.37. The number of hydrogen-bond acceptors (Lipinski definition) is 4. The quantitative estimate of drug-likeness (QED) is 0.797. The Morgan fingerprint density at radius 2 is 2.27 bits per heavy atom. The van der Waals surface area contributed by atoms with E-state index in [1.165, 1.54) is 0 Å². The molecule has 4 nitrogen and oxygen atoms in total. The van der Waals surface area contributed by atoms with Gasteiger partial charge in [-0.3, -0.25) is 9.69 Å². The molecule has 0 spiro atoms. The number of ether oxygens (including phenoxy) is 1. The smallest absolute Gasteiger partial charge is 0.227 e. The number of morpholine rings is 1. The molecule has 0 aromatic carbocycles. The van der Waals surface area contributed by atoms with Gasteiger partial charge in [0.05, 0.1) is 19.1 Å². The molecule has 2 fully saturated rings. The largest absolute Gasteiger partial charge is 0.375 e. The summed E-state index contributed by atoms with van der Waals surface area (Å²) in [5.41, 5.74) is 1.13. The standard InChI is InChI=1S/C17H24N2O2S/c1-2-6-18-9-10-21-16-4-8-19(7-3-15(16)18)17(20)12-14-5-11-22-13-14/h2,5,11,13,15-16H,1,3-4,6-10,12H2/t15-,16+/m0/s1. The maximum atomic E-state index is 12.5. The Kier molecular flexibility index (Phi) is 5.28. The van der Waals surface area contributed by atoms with E-state index in [9.17, 15) is 4.79 Å². The number of nitrogens with zero attached hydrogens (tertiary/aromatic N) is 2. The minimum absolute atomic E-state index is 0.243. The Balaban J connectivity index is 1.61. The highest BCUT2D eigenvalue weighted by Gasteiger charge is 2.34. The van der Waals surface area contributed by atoms with Crippen LogP contribution < -0.4 is 0 Å². The topological polar surface area (TPSA) is 32.8 Å². The average Bonchev–Trinajstić information content (AvgIpc) is 2.92. The predicted octanol–water partition coefficient (Wildman–Crippen LogP) is 2.17. The zero-order valence-electron chi connectivity index (χ0n) is 12.9. The fourth-order valence-electron chi connectivity index (χ4n) is 3.48. The second-order valence-corrected chi connectivity index (χ2v) is 6.81. The molecule has 3 rings (SSSR count). The Bertz CT molecular complexity index is 503. The minimum atomic E-state index is 0.243. The van der Waals surface area contributed by atoms with Gasteiger partial charge in [-0.25, -0.2) is 0 Å². The fraction of sp³-hybridized carbons (Fsp3) is 0.588. The van der Waals surface area contributed by atoms with Crippen molar-refractivity contribution in [3.8, 4) is 0 Å². The van der Waals surface area contributed by atoms with Crippen LogP contribution in [-0.2, 0) is 16.0 Å². The first-order valence-electron chi connectivity index (χ1n) is 8.03. The Morgan fingerprint density at radius 1 is 1.41 bits per heavy atom. The molecular weight excluding hydrogens is 296 g/mol. The molecule has 2 saturated heterocycles. The summed E-state index contributed by atoms with van der Waals surface area (Å²) in [6, 6.07) is 2.46. The lowest BCUT2D eigenvalue weighted by Gasteiger charge is -2.39. The van der Waals surface area contributed by atoms with E-state index in [4.69, 9.17) is 4.74 Å². The Labute approximate surface area is 136 Å². The number of carbonyl (C=O) groups excluding carboxylic acids is 1. The van der Waals surface area contributed by atoms with Crippen molar-refractivity contribution in [2.45, 2.75) is 31.4 Å². The summed E-state index contributed by atoms with van der Waals surface area (Å²) in [7, 11) is 0. The van der Waals surface area contributed by atoms with Gasteiger partial charge in [0.25, 0.3) is 0 Å². The lowest BCUT2D eigenvalue weighted by molar-refractivity contribution is -0.130. The van der Waals surface area contributed by atoms with Crippen LogP contribution >= 0.6 is 11.3 Å². The van der Waals surface area contributed by atoms with E-state index < -0.39 is 0 Å². The molecule has 120 valence electrons. The molecule has 0 N–H and O–H groups in total.